The summed E-state index contributed by atoms with van der Waals surface area (Å²) in [5, 5.41) is 0. The molecular weight excluding hydrogens is 300 g/mol. The first-order chi connectivity index (χ1) is 8.61. The third kappa shape index (κ3) is 2.53. The van der Waals surface area contributed by atoms with E-state index >= 15 is 0 Å². The molecule has 0 radical (unpaired) electrons. The number of esters is 1. The van der Waals surface area contributed by atoms with Gasteiger partial charge in [0.05, 0.1) is 12.3 Å². The van der Waals surface area contributed by atoms with Crippen LogP contribution in [0.2, 0.25) is 0 Å². The lowest BCUT2D eigenvalue weighted by atomic mass is 10.1. The molecule has 0 saturated carbocycles. The molecule has 18 heavy (non-hydrogen) atoms. The molecule has 5 nitrogen and oxygen atoms in total. The number of hydrogen-bond donors (Lipinski definition) is 2. The van der Waals surface area contributed by atoms with Crippen molar-refractivity contribution in [1.82, 2.24) is 9.97 Å². The highest BCUT2D eigenvalue weighted by atomic mass is 79.9. The van der Waals surface area contributed by atoms with E-state index in [1.54, 1.807) is 13.0 Å². The van der Waals surface area contributed by atoms with Crippen molar-refractivity contribution in [3.8, 4) is 11.3 Å². The molecule has 94 valence electrons. The van der Waals surface area contributed by atoms with Gasteiger partial charge in [0.15, 0.2) is 5.69 Å². The SMILES string of the molecule is CCOC(=O)c1[nH]c(=O)[nH]c1-c1cccc(Br)c1. The summed E-state index contributed by atoms with van der Waals surface area (Å²) in [4.78, 5) is 28.1. The number of H-pyrrole nitrogens is 2. The van der Waals surface area contributed by atoms with Crippen LogP contribution in [0.3, 0.4) is 0 Å². The minimum Gasteiger partial charge on any atom is -0.461 e. The lowest BCUT2D eigenvalue weighted by Gasteiger charge is -2.03. The molecule has 0 spiro atoms. The van der Waals surface area contributed by atoms with Gasteiger partial charge in [0.2, 0.25) is 0 Å². The van der Waals surface area contributed by atoms with Crippen LogP contribution in [-0.4, -0.2) is 22.5 Å². The fourth-order valence-corrected chi connectivity index (χ4v) is 2.00. The first kappa shape index (κ1) is 12.6. The summed E-state index contributed by atoms with van der Waals surface area (Å²) in [5.41, 5.74) is 0.860. The predicted molar refractivity (Wildman–Crippen MR) is 70.5 cm³/mol. The molecule has 0 saturated heterocycles. The zero-order chi connectivity index (χ0) is 13.1. The summed E-state index contributed by atoms with van der Waals surface area (Å²) in [7, 11) is 0. The van der Waals surface area contributed by atoms with Gasteiger partial charge in [0.25, 0.3) is 0 Å². The highest BCUT2D eigenvalue weighted by Crippen LogP contribution is 2.23. The van der Waals surface area contributed by atoms with Crippen molar-refractivity contribution >= 4 is 21.9 Å². The Labute approximate surface area is 111 Å². The van der Waals surface area contributed by atoms with Crippen LogP contribution in [-0.2, 0) is 4.74 Å². The second-order valence-corrected chi connectivity index (χ2v) is 4.48. The van der Waals surface area contributed by atoms with E-state index in [-0.39, 0.29) is 12.3 Å². The maximum absolute atomic E-state index is 11.7. The van der Waals surface area contributed by atoms with Crippen molar-refractivity contribution in [3.63, 3.8) is 0 Å². The fourth-order valence-electron chi connectivity index (χ4n) is 1.60. The number of carbonyl (C=O) groups is 1. The second kappa shape index (κ2) is 5.22. The number of halogens is 1. The minimum atomic E-state index is -0.550. The van der Waals surface area contributed by atoms with Gasteiger partial charge >= 0.3 is 11.7 Å². The van der Waals surface area contributed by atoms with E-state index in [1.165, 1.54) is 0 Å². The molecule has 0 bridgehead atoms. The lowest BCUT2D eigenvalue weighted by molar-refractivity contribution is 0.0521. The van der Waals surface area contributed by atoms with Gasteiger partial charge in [-0.15, -0.1) is 0 Å². The third-order valence-corrected chi connectivity index (χ3v) is 2.81. The Hall–Kier alpha value is -1.82. The van der Waals surface area contributed by atoms with Gasteiger partial charge in [-0.1, -0.05) is 28.1 Å². The Morgan fingerprint density at radius 2 is 2.17 bits per heavy atom. The first-order valence-electron chi connectivity index (χ1n) is 5.37. The van der Waals surface area contributed by atoms with Crippen LogP contribution >= 0.6 is 15.9 Å². The highest BCUT2D eigenvalue weighted by Gasteiger charge is 2.17. The van der Waals surface area contributed by atoms with Gasteiger partial charge in [-0.3, -0.25) is 4.98 Å². The maximum atomic E-state index is 11.7. The molecule has 1 aromatic carbocycles. The standard InChI is InChI=1S/C12H11BrN2O3/c1-2-18-11(16)10-9(14-12(17)15-10)7-4-3-5-8(13)6-7/h3-6H,2H2,1H3,(H2,14,15,17). The summed E-state index contributed by atoms with van der Waals surface area (Å²) in [6.07, 6.45) is 0. The molecule has 2 aromatic rings. The van der Waals surface area contributed by atoms with Crippen molar-refractivity contribution in [2.45, 2.75) is 6.92 Å². The average molecular weight is 311 g/mol. The molecule has 0 amide bonds. The quantitative estimate of drug-likeness (QED) is 0.854. The molecule has 2 N–H and O–H groups in total. The van der Waals surface area contributed by atoms with Crippen molar-refractivity contribution in [2.24, 2.45) is 0 Å². The number of aromatic nitrogens is 2. The summed E-state index contributed by atoms with van der Waals surface area (Å²) in [6, 6.07) is 7.28. The molecule has 1 heterocycles. The third-order valence-electron chi connectivity index (χ3n) is 2.32. The maximum Gasteiger partial charge on any atom is 0.357 e. The predicted octanol–water partition coefficient (Wildman–Crippen LogP) is 2.31. The van der Waals surface area contributed by atoms with Crippen LogP contribution in [0.5, 0.6) is 0 Å². The Morgan fingerprint density at radius 3 is 2.83 bits per heavy atom. The van der Waals surface area contributed by atoms with E-state index in [2.05, 4.69) is 25.9 Å². The molecule has 0 unspecified atom stereocenters. The molecule has 0 fully saturated rings. The monoisotopic (exact) mass is 310 g/mol. The van der Waals surface area contributed by atoms with Crippen molar-refractivity contribution in [3.05, 3.63) is 44.9 Å². The molecule has 6 heteroatoms. The van der Waals surface area contributed by atoms with E-state index in [0.29, 0.717) is 5.69 Å². The van der Waals surface area contributed by atoms with E-state index in [9.17, 15) is 9.59 Å². The molecule has 0 aliphatic carbocycles. The molecule has 1 aromatic heterocycles. The topological polar surface area (TPSA) is 75.0 Å². The Morgan fingerprint density at radius 1 is 1.39 bits per heavy atom. The van der Waals surface area contributed by atoms with Crippen LogP contribution < -0.4 is 5.69 Å². The minimum absolute atomic E-state index is 0.139. The first-order valence-corrected chi connectivity index (χ1v) is 6.16. The highest BCUT2D eigenvalue weighted by molar-refractivity contribution is 9.10. The van der Waals surface area contributed by atoms with Crippen LogP contribution in [0.25, 0.3) is 11.3 Å². The van der Waals surface area contributed by atoms with Gasteiger partial charge in [-0.2, -0.15) is 0 Å². The van der Waals surface area contributed by atoms with E-state index in [1.807, 2.05) is 18.2 Å². The largest absolute Gasteiger partial charge is 0.461 e. The number of ether oxygens (including phenoxy) is 1. The number of nitrogens with one attached hydrogen (secondary N) is 2. The molecule has 0 aliphatic rings. The smallest absolute Gasteiger partial charge is 0.357 e. The Bertz CT molecular complexity index is 630. The molecule has 0 aliphatic heterocycles. The summed E-state index contributed by atoms with van der Waals surface area (Å²) in [6.45, 7) is 1.96. The van der Waals surface area contributed by atoms with Crippen LogP contribution in [0.4, 0.5) is 0 Å². The van der Waals surface area contributed by atoms with Gasteiger partial charge < -0.3 is 9.72 Å². The lowest BCUT2D eigenvalue weighted by Crippen LogP contribution is -2.08. The van der Waals surface area contributed by atoms with E-state index in [0.717, 1.165) is 10.0 Å². The number of benzene rings is 1. The zero-order valence-corrected chi connectivity index (χ0v) is 11.2. The number of rotatable bonds is 3. The normalized spacial score (nSPS) is 10.3. The number of carbonyl (C=O) groups excluding carboxylic acids is 1. The molecule has 0 atom stereocenters. The van der Waals surface area contributed by atoms with Gasteiger partial charge in [0, 0.05) is 10.0 Å². The van der Waals surface area contributed by atoms with Crippen molar-refractivity contribution in [1.29, 1.82) is 0 Å². The molecular formula is C12H11BrN2O3. The van der Waals surface area contributed by atoms with Crippen LogP contribution in [0, 0.1) is 0 Å². The van der Waals surface area contributed by atoms with E-state index in [4.69, 9.17) is 4.74 Å². The van der Waals surface area contributed by atoms with E-state index < -0.39 is 11.7 Å². The second-order valence-electron chi connectivity index (χ2n) is 3.56. The summed E-state index contributed by atoms with van der Waals surface area (Å²) in [5.74, 6) is -0.550. The Kier molecular flexibility index (Phi) is 3.66. The van der Waals surface area contributed by atoms with Gasteiger partial charge in [-0.05, 0) is 19.1 Å². The zero-order valence-electron chi connectivity index (χ0n) is 9.62. The summed E-state index contributed by atoms with van der Waals surface area (Å²) < 4.78 is 5.75. The van der Waals surface area contributed by atoms with Crippen LogP contribution in [0.1, 0.15) is 17.4 Å². The summed E-state index contributed by atoms with van der Waals surface area (Å²) >= 11 is 3.34. The van der Waals surface area contributed by atoms with Gasteiger partial charge in [0.1, 0.15) is 0 Å². The number of hydrogen-bond acceptors (Lipinski definition) is 3. The van der Waals surface area contributed by atoms with Crippen molar-refractivity contribution < 1.29 is 9.53 Å². The van der Waals surface area contributed by atoms with Crippen LogP contribution in [0.15, 0.2) is 33.5 Å². The average Bonchev–Trinajstić information content (AvgIpc) is 2.72. The number of imidazole rings is 1. The number of aromatic amines is 2. The molecule has 2 rings (SSSR count). The Balaban J connectivity index is 2.51. The van der Waals surface area contributed by atoms with Gasteiger partial charge in [-0.25, -0.2) is 9.59 Å². The fraction of sp³-hybridized carbons (Fsp3) is 0.167. The van der Waals surface area contributed by atoms with Crippen molar-refractivity contribution in [2.75, 3.05) is 6.61 Å².